The number of halogens is 4. The molecule has 0 heterocycles. The molecule has 0 bridgehead atoms. The summed E-state index contributed by atoms with van der Waals surface area (Å²) in [7, 11) is 0. The highest BCUT2D eigenvalue weighted by atomic mass is 79.9. The van der Waals surface area contributed by atoms with E-state index >= 15 is 0 Å². The second-order valence-electron chi connectivity index (χ2n) is 4.61. The number of benzene rings is 1. The van der Waals surface area contributed by atoms with E-state index in [1.807, 2.05) is 0 Å². The van der Waals surface area contributed by atoms with Crippen molar-refractivity contribution in [1.29, 1.82) is 0 Å². The largest absolute Gasteiger partial charge is 0.480 e. The van der Waals surface area contributed by atoms with Crippen molar-refractivity contribution in [2.24, 2.45) is 0 Å². The van der Waals surface area contributed by atoms with Crippen LogP contribution in [0.5, 0.6) is 0 Å². The molecule has 1 N–H and O–H groups in total. The van der Waals surface area contributed by atoms with Gasteiger partial charge in [0.05, 0.1) is 11.1 Å². The minimum absolute atomic E-state index is 0.177. The molecule has 0 aliphatic rings. The maximum atomic E-state index is 12.7. The number of hydrogen-bond donors (Lipinski definition) is 1. The zero-order chi connectivity index (χ0) is 16.4. The summed E-state index contributed by atoms with van der Waals surface area (Å²) >= 11 is 3.02. The Labute approximate surface area is 127 Å². The van der Waals surface area contributed by atoms with Crippen molar-refractivity contribution in [3.05, 3.63) is 33.8 Å². The second kappa shape index (κ2) is 6.46. The van der Waals surface area contributed by atoms with Crippen LogP contribution in [0.25, 0.3) is 0 Å². The first kappa shape index (κ1) is 17.5. The number of carbonyl (C=O) groups excluding carboxylic acids is 1. The number of alkyl halides is 3. The summed E-state index contributed by atoms with van der Waals surface area (Å²) in [5.74, 6) is -2.01. The van der Waals surface area contributed by atoms with Crippen molar-refractivity contribution in [2.45, 2.75) is 26.1 Å². The Balaban J connectivity index is 3.24. The van der Waals surface area contributed by atoms with Gasteiger partial charge in [0.25, 0.3) is 5.91 Å². The Morgan fingerprint density at radius 2 is 1.90 bits per heavy atom. The van der Waals surface area contributed by atoms with Crippen molar-refractivity contribution >= 4 is 27.8 Å². The number of rotatable bonds is 4. The fourth-order valence-electron chi connectivity index (χ4n) is 1.65. The lowest BCUT2D eigenvalue weighted by Gasteiger charge is -2.25. The van der Waals surface area contributed by atoms with E-state index in [1.54, 1.807) is 13.8 Å². The second-order valence-corrected chi connectivity index (χ2v) is 5.47. The predicted octanol–water partition coefficient (Wildman–Crippen LogP) is 3.40. The molecular formula is C13H13BrF3NO3. The molecule has 116 valence electrons. The normalized spacial score (nSPS) is 11.6. The molecule has 1 aromatic rings. The summed E-state index contributed by atoms with van der Waals surface area (Å²) in [6, 6.07) is 2.21. The van der Waals surface area contributed by atoms with Gasteiger partial charge < -0.3 is 10.0 Å². The van der Waals surface area contributed by atoms with Crippen LogP contribution in [0.1, 0.15) is 29.8 Å². The van der Waals surface area contributed by atoms with Gasteiger partial charge in [0.2, 0.25) is 0 Å². The van der Waals surface area contributed by atoms with E-state index < -0.39 is 36.2 Å². The Bertz CT molecular complexity index is 558. The van der Waals surface area contributed by atoms with E-state index in [1.165, 1.54) is 0 Å². The number of hydrogen-bond acceptors (Lipinski definition) is 2. The van der Waals surface area contributed by atoms with Gasteiger partial charge in [0.15, 0.2) is 0 Å². The number of carbonyl (C=O) groups is 2. The first-order chi connectivity index (χ1) is 9.54. The zero-order valence-electron chi connectivity index (χ0n) is 11.2. The fraction of sp³-hybridized carbons (Fsp3) is 0.385. The number of amides is 1. The van der Waals surface area contributed by atoms with Gasteiger partial charge >= 0.3 is 12.1 Å². The molecule has 4 nitrogen and oxygen atoms in total. The number of aliphatic carboxylic acids is 1. The quantitative estimate of drug-likeness (QED) is 0.886. The summed E-state index contributed by atoms with van der Waals surface area (Å²) in [6.07, 6.45) is -4.58. The van der Waals surface area contributed by atoms with E-state index in [-0.39, 0.29) is 10.0 Å². The summed E-state index contributed by atoms with van der Waals surface area (Å²) in [5.41, 5.74) is -1.19. The van der Waals surface area contributed by atoms with Crippen LogP contribution < -0.4 is 0 Å². The Morgan fingerprint density at radius 3 is 2.33 bits per heavy atom. The molecule has 0 aliphatic carbocycles. The van der Waals surface area contributed by atoms with Crippen LogP contribution in [0.2, 0.25) is 0 Å². The van der Waals surface area contributed by atoms with Gasteiger partial charge in [-0.3, -0.25) is 9.59 Å². The van der Waals surface area contributed by atoms with Crippen LogP contribution in [-0.2, 0) is 11.0 Å². The molecule has 8 heteroatoms. The third kappa shape index (κ3) is 4.45. The monoisotopic (exact) mass is 367 g/mol. The minimum atomic E-state index is -4.58. The molecule has 0 saturated carbocycles. The summed E-state index contributed by atoms with van der Waals surface area (Å²) < 4.78 is 38.3. The van der Waals surface area contributed by atoms with Gasteiger partial charge in [-0.2, -0.15) is 13.2 Å². The number of nitrogens with zero attached hydrogens (tertiary/aromatic N) is 1. The SMILES string of the molecule is CC(C)N(CC(=O)O)C(=O)c1cc(C(F)(F)F)ccc1Br. The van der Waals surface area contributed by atoms with Gasteiger partial charge in [0, 0.05) is 10.5 Å². The standard InChI is InChI=1S/C13H13BrF3NO3/c1-7(2)18(6-11(19)20)12(21)9-5-8(13(15,16)17)3-4-10(9)14/h3-5,7H,6H2,1-2H3,(H,19,20). The van der Waals surface area contributed by atoms with Crippen molar-refractivity contribution in [1.82, 2.24) is 4.90 Å². The van der Waals surface area contributed by atoms with Gasteiger partial charge in [-0.05, 0) is 48.0 Å². The molecule has 1 amide bonds. The lowest BCUT2D eigenvalue weighted by atomic mass is 10.1. The first-order valence-electron chi connectivity index (χ1n) is 5.93. The maximum Gasteiger partial charge on any atom is 0.416 e. The van der Waals surface area contributed by atoms with Crippen molar-refractivity contribution in [3.63, 3.8) is 0 Å². The van der Waals surface area contributed by atoms with Crippen LogP contribution in [0, 0.1) is 0 Å². The molecule has 0 aromatic heterocycles. The molecule has 0 radical (unpaired) electrons. The Hall–Kier alpha value is -1.57. The predicted molar refractivity (Wildman–Crippen MR) is 73.0 cm³/mol. The average Bonchev–Trinajstić information content (AvgIpc) is 2.33. The van der Waals surface area contributed by atoms with E-state index in [4.69, 9.17) is 5.11 Å². The zero-order valence-corrected chi connectivity index (χ0v) is 12.8. The minimum Gasteiger partial charge on any atom is -0.480 e. The third-order valence-electron chi connectivity index (χ3n) is 2.71. The van der Waals surface area contributed by atoms with Gasteiger partial charge in [-0.25, -0.2) is 0 Å². The summed E-state index contributed by atoms with van der Waals surface area (Å²) in [5, 5.41) is 8.80. The van der Waals surface area contributed by atoms with Gasteiger partial charge in [0.1, 0.15) is 6.54 Å². The Morgan fingerprint density at radius 1 is 1.33 bits per heavy atom. The number of carboxylic acid groups (broad SMARTS) is 1. The maximum absolute atomic E-state index is 12.7. The van der Waals surface area contributed by atoms with E-state index in [2.05, 4.69) is 15.9 Å². The molecule has 21 heavy (non-hydrogen) atoms. The lowest BCUT2D eigenvalue weighted by molar-refractivity contribution is -0.139. The van der Waals surface area contributed by atoms with Crippen LogP contribution in [-0.4, -0.2) is 34.5 Å². The van der Waals surface area contributed by atoms with Crippen molar-refractivity contribution < 1.29 is 27.9 Å². The molecule has 1 aromatic carbocycles. The molecular weight excluding hydrogens is 355 g/mol. The Kier molecular flexibility index (Phi) is 5.38. The molecule has 0 atom stereocenters. The highest BCUT2D eigenvalue weighted by molar-refractivity contribution is 9.10. The topological polar surface area (TPSA) is 57.6 Å². The summed E-state index contributed by atoms with van der Waals surface area (Å²) in [6.45, 7) is 2.59. The molecule has 0 aliphatic heterocycles. The smallest absolute Gasteiger partial charge is 0.416 e. The van der Waals surface area contributed by atoms with Gasteiger partial charge in [-0.1, -0.05) is 0 Å². The highest BCUT2D eigenvalue weighted by Crippen LogP contribution is 2.32. The van der Waals surface area contributed by atoms with E-state index in [0.717, 1.165) is 17.0 Å². The van der Waals surface area contributed by atoms with Crippen molar-refractivity contribution in [3.8, 4) is 0 Å². The molecule has 0 spiro atoms. The average molecular weight is 368 g/mol. The number of carboxylic acids is 1. The highest BCUT2D eigenvalue weighted by Gasteiger charge is 2.32. The van der Waals surface area contributed by atoms with Crippen LogP contribution in [0.4, 0.5) is 13.2 Å². The fourth-order valence-corrected chi connectivity index (χ4v) is 2.07. The molecule has 0 saturated heterocycles. The third-order valence-corrected chi connectivity index (χ3v) is 3.41. The summed E-state index contributed by atoms with van der Waals surface area (Å²) in [4.78, 5) is 24.1. The molecule has 0 unspecified atom stereocenters. The van der Waals surface area contributed by atoms with E-state index in [9.17, 15) is 22.8 Å². The first-order valence-corrected chi connectivity index (χ1v) is 6.73. The lowest BCUT2D eigenvalue weighted by Crippen LogP contribution is -2.40. The van der Waals surface area contributed by atoms with Crippen molar-refractivity contribution in [2.75, 3.05) is 6.54 Å². The van der Waals surface area contributed by atoms with Crippen LogP contribution in [0.3, 0.4) is 0 Å². The van der Waals surface area contributed by atoms with Gasteiger partial charge in [-0.15, -0.1) is 0 Å². The van der Waals surface area contributed by atoms with Crippen LogP contribution >= 0.6 is 15.9 Å². The molecule has 1 rings (SSSR count). The molecule has 0 fully saturated rings. The van der Waals surface area contributed by atoms with E-state index in [0.29, 0.717) is 6.07 Å². The van der Waals surface area contributed by atoms with Crippen LogP contribution in [0.15, 0.2) is 22.7 Å².